The van der Waals surface area contributed by atoms with Crippen LogP contribution in [0.3, 0.4) is 0 Å². The third-order valence-corrected chi connectivity index (χ3v) is 5.67. The van der Waals surface area contributed by atoms with Gasteiger partial charge in [0.15, 0.2) is 0 Å². The highest BCUT2D eigenvalue weighted by Gasteiger charge is 2.22. The minimum atomic E-state index is -0.0231. The summed E-state index contributed by atoms with van der Waals surface area (Å²) in [5, 5.41) is 5.43. The third-order valence-electron chi connectivity index (χ3n) is 5.67. The van der Waals surface area contributed by atoms with Crippen molar-refractivity contribution in [2.24, 2.45) is 7.05 Å². The van der Waals surface area contributed by atoms with Crippen LogP contribution < -0.4 is 5.56 Å². The van der Waals surface area contributed by atoms with Gasteiger partial charge in [-0.15, -0.1) is 0 Å². The number of H-pyrrole nitrogens is 1. The summed E-state index contributed by atoms with van der Waals surface area (Å²) in [6, 6.07) is 12.7. The Hall–Kier alpha value is -3.12. The maximum absolute atomic E-state index is 12.7. The molecule has 0 radical (unpaired) electrons. The zero-order chi connectivity index (χ0) is 19.3. The predicted molar refractivity (Wildman–Crippen MR) is 109 cm³/mol. The predicted octanol–water partition coefficient (Wildman–Crippen LogP) is 3.45. The van der Waals surface area contributed by atoms with Gasteiger partial charge in [0.05, 0.1) is 25.5 Å². The van der Waals surface area contributed by atoms with Gasteiger partial charge >= 0.3 is 0 Å². The van der Waals surface area contributed by atoms with Crippen molar-refractivity contribution >= 4 is 10.9 Å². The highest BCUT2D eigenvalue weighted by atomic mass is 16.5. The van der Waals surface area contributed by atoms with E-state index < -0.39 is 0 Å². The summed E-state index contributed by atoms with van der Waals surface area (Å²) in [5.74, 6) is 0.175. The Balaban J connectivity index is 1.63. The fourth-order valence-electron chi connectivity index (χ4n) is 3.84. The van der Waals surface area contributed by atoms with E-state index in [4.69, 9.17) is 4.74 Å². The first-order valence-electron chi connectivity index (χ1n) is 9.51. The molecule has 0 saturated carbocycles. The van der Waals surface area contributed by atoms with Crippen molar-refractivity contribution in [1.82, 2.24) is 19.3 Å². The van der Waals surface area contributed by atoms with Crippen molar-refractivity contribution in [2.75, 3.05) is 13.2 Å². The van der Waals surface area contributed by atoms with Crippen LogP contribution in [0, 0.1) is 0 Å². The van der Waals surface area contributed by atoms with E-state index in [1.54, 1.807) is 11.6 Å². The lowest BCUT2D eigenvalue weighted by Gasteiger charge is -2.25. The molecule has 6 heteroatoms. The molecule has 5 rings (SSSR count). The smallest absolute Gasteiger partial charge is 0.274 e. The van der Waals surface area contributed by atoms with E-state index in [0.29, 0.717) is 24.8 Å². The van der Waals surface area contributed by atoms with Crippen molar-refractivity contribution in [3.05, 3.63) is 76.5 Å². The van der Waals surface area contributed by atoms with Crippen LogP contribution in [0.5, 0.6) is 0 Å². The van der Waals surface area contributed by atoms with Crippen LogP contribution in [0.4, 0.5) is 0 Å². The molecule has 1 fully saturated rings. The van der Waals surface area contributed by atoms with Gasteiger partial charge in [0, 0.05) is 42.0 Å². The number of pyridine rings is 1. The first-order chi connectivity index (χ1) is 13.6. The number of fused-ring (bicyclic) bond motifs is 1. The third kappa shape index (κ3) is 2.68. The molecule has 1 aliphatic heterocycles. The Kier molecular flexibility index (Phi) is 3.94. The molecule has 4 aromatic rings. The summed E-state index contributed by atoms with van der Waals surface area (Å²) >= 11 is 0. The van der Waals surface area contributed by atoms with Crippen LogP contribution >= 0.6 is 0 Å². The summed E-state index contributed by atoms with van der Waals surface area (Å²) in [7, 11) is 1.80. The first-order valence-corrected chi connectivity index (χ1v) is 9.51. The number of hydrogen-bond donors (Lipinski definition) is 1. The second kappa shape index (κ2) is 6.49. The number of nitrogens with one attached hydrogen (secondary N) is 1. The van der Waals surface area contributed by atoms with Gasteiger partial charge in [-0.1, -0.05) is 37.3 Å². The van der Waals surface area contributed by atoms with Crippen LogP contribution in [0.15, 0.2) is 59.8 Å². The average Bonchev–Trinajstić information content (AvgIpc) is 3.31. The highest BCUT2D eigenvalue weighted by molar-refractivity contribution is 5.88. The van der Waals surface area contributed by atoms with Crippen molar-refractivity contribution in [1.29, 1.82) is 0 Å². The average molecular weight is 374 g/mol. The minimum absolute atomic E-state index is 0.0231. The molecule has 3 aromatic heterocycles. The summed E-state index contributed by atoms with van der Waals surface area (Å²) < 4.78 is 8.85. The maximum Gasteiger partial charge on any atom is 0.274 e. The number of ether oxygens (including phenoxy) is 1. The molecule has 142 valence electrons. The molecule has 1 aliphatic rings. The van der Waals surface area contributed by atoms with E-state index in [1.807, 2.05) is 41.5 Å². The van der Waals surface area contributed by atoms with E-state index in [2.05, 4.69) is 35.2 Å². The molecule has 6 nitrogen and oxygen atoms in total. The van der Waals surface area contributed by atoms with E-state index >= 15 is 0 Å². The topological polar surface area (TPSA) is 64.8 Å². The zero-order valence-electron chi connectivity index (χ0n) is 15.9. The summed E-state index contributed by atoms with van der Waals surface area (Å²) in [6.07, 6.45) is 5.81. The van der Waals surface area contributed by atoms with Gasteiger partial charge < -0.3 is 14.3 Å². The zero-order valence-corrected chi connectivity index (χ0v) is 15.9. The molecular weight excluding hydrogens is 352 g/mol. The molecule has 0 amide bonds. The van der Waals surface area contributed by atoms with Crippen LogP contribution in [0.2, 0.25) is 0 Å². The van der Waals surface area contributed by atoms with Crippen LogP contribution in [-0.2, 0) is 11.8 Å². The van der Waals surface area contributed by atoms with Gasteiger partial charge in [-0.2, -0.15) is 5.10 Å². The van der Waals surface area contributed by atoms with E-state index in [1.165, 1.54) is 5.56 Å². The van der Waals surface area contributed by atoms with Gasteiger partial charge in [0.1, 0.15) is 5.52 Å². The number of aryl methyl sites for hydroxylation is 1. The first kappa shape index (κ1) is 17.0. The Labute approximate surface area is 162 Å². The largest absolute Gasteiger partial charge is 0.377 e. The maximum atomic E-state index is 12.7. The number of aromatic nitrogens is 4. The quantitative estimate of drug-likeness (QED) is 0.595. The molecule has 1 unspecified atom stereocenters. The van der Waals surface area contributed by atoms with Crippen molar-refractivity contribution in [3.8, 4) is 11.3 Å². The Morgan fingerprint density at radius 3 is 2.71 bits per heavy atom. The van der Waals surface area contributed by atoms with Gasteiger partial charge in [0.25, 0.3) is 5.56 Å². The molecule has 1 saturated heterocycles. The number of aromatic amines is 1. The fraction of sp³-hybridized carbons (Fsp3) is 0.273. The fourth-order valence-corrected chi connectivity index (χ4v) is 3.84. The Bertz CT molecular complexity index is 1200. The lowest BCUT2D eigenvalue weighted by Crippen LogP contribution is -2.30. The normalized spacial score (nSPS) is 15.6. The Morgan fingerprint density at radius 2 is 2.00 bits per heavy atom. The van der Waals surface area contributed by atoms with Gasteiger partial charge in [-0.25, -0.2) is 0 Å². The molecule has 1 aromatic carbocycles. The summed E-state index contributed by atoms with van der Waals surface area (Å²) in [6.45, 7) is 3.58. The van der Waals surface area contributed by atoms with E-state index in [-0.39, 0.29) is 11.5 Å². The van der Waals surface area contributed by atoms with Gasteiger partial charge in [0.2, 0.25) is 0 Å². The number of rotatable bonds is 4. The molecule has 0 aliphatic carbocycles. The van der Waals surface area contributed by atoms with Gasteiger partial charge in [-0.3, -0.25) is 9.48 Å². The van der Waals surface area contributed by atoms with E-state index in [9.17, 15) is 4.79 Å². The standard InChI is InChI=1S/C22H22N4O2/c1-14(15-6-4-3-5-7-15)19-11-25(2)22(27)21-18(19)8-20(24-21)16-9-23-26(10-16)17-12-28-13-17/h3-11,14,17,24H,12-13H2,1-2H3. The summed E-state index contributed by atoms with van der Waals surface area (Å²) in [4.78, 5) is 16.1. The van der Waals surface area contributed by atoms with Gasteiger partial charge in [-0.05, 0) is 17.2 Å². The number of nitrogens with zero attached hydrogens (tertiary/aromatic N) is 3. The highest BCUT2D eigenvalue weighted by Crippen LogP contribution is 2.32. The number of hydrogen-bond acceptors (Lipinski definition) is 3. The molecule has 1 atom stereocenters. The van der Waals surface area contributed by atoms with Crippen molar-refractivity contribution < 1.29 is 4.74 Å². The Morgan fingerprint density at radius 1 is 1.21 bits per heavy atom. The molecule has 4 heterocycles. The van der Waals surface area contributed by atoms with Crippen LogP contribution in [0.1, 0.15) is 30.0 Å². The lowest BCUT2D eigenvalue weighted by atomic mass is 9.92. The van der Waals surface area contributed by atoms with Crippen LogP contribution in [0.25, 0.3) is 22.2 Å². The van der Waals surface area contributed by atoms with E-state index in [0.717, 1.165) is 22.2 Å². The second-order valence-electron chi connectivity index (χ2n) is 7.50. The lowest BCUT2D eigenvalue weighted by molar-refractivity contribution is -0.0286. The van der Waals surface area contributed by atoms with Crippen molar-refractivity contribution in [2.45, 2.75) is 18.9 Å². The number of benzene rings is 1. The summed E-state index contributed by atoms with van der Waals surface area (Å²) in [5.41, 5.74) is 4.85. The molecule has 0 spiro atoms. The second-order valence-corrected chi connectivity index (χ2v) is 7.50. The van der Waals surface area contributed by atoms with Crippen LogP contribution in [-0.4, -0.2) is 32.5 Å². The molecule has 1 N–H and O–H groups in total. The molecule has 28 heavy (non-hydrogen) atoms. The SMILES string of the molecule is CC(c1ccccc1)c1cn(C)c(=O)c2[nH]c(-c3cnn(C4COC4)c3)cc12. The molecule has 0 bridgehead atoms. The minimum Gasteiger partial charge on any atom is -0.377 e. The monoisotopic (exact) mass is 374 g/mol. The van der Waals surface area contributed by atoms with Crippen molar-refractivity contribution in [3.63, 3.8) is 0 Å². The molecular formula is C22H22N4O2.